The zero-order valence-electron chi connectivity index (χ0n) is 35.0. The molecule has 60 heavy (non-hydrogen) atoms. The van der Waals surface area contributed by atoms with E-state index in [9.17, 15) is 14.9 Å². The largest absolute Gasteiger partial charge is 0.497 e. The highest BCUT2D eigenvalue weighted by Gasteiger charge is 2.53. The number of rotatable bonds is 20. The average molecular weight is 836 g/mol. The molecule has 0 aliphatic carbocycles. The maximum Gasteiger partial charge on any atom is 0.259 e. The number of ketones is 1. The molecule has 2 aliphatic rings. The van der Waals surface area contributed by atoms with E-state index in [4.69, 9.17) is 32.7 Å². The van der Waals surface area contributed by atoms with Gasteiger partial charge in [0.2, 0.25) is 5.91 Å². The highest BCUT2D eigenvalue weighted by molar-refractivity contribution is 7.44. The smallest absolute Gasteiger partial charge is 0.259 e. The predicted octanol–water partition coefficient (Wildman–Crippen LogP) is 8.30. The third kappa shape index (κ3) is 10.3. The first-order chi connectivity index (χ1) is 29.1. The van der Waals surface area contributed by atoms with E-state index in [0.717, 1.165) is 22.3 Å². The maximum atomic E-state index is 13.7. The lowest BCUT2D eigenvalue weighted by Crippen LogP contribution is -2.48. The number of amides is 1. The van der Waals surface area contributed by atoms with Crippen molar-refractivity contribution in [1.82, 2.24) is 9.57 Å². The Morgan fingerprint density at radius 3 is 1.92 bits per heavy atom. The van der Waals surface area contributed by atoms with Crippen molar-refractivity contribution in [3.63, 3.8) is 0 Å². The van der Waals surface area contributed by atoms with Gasteiger partial charge in [0, 0.05) is 18.3 Å². The van der Waals surface area contributed by atoms with E-state index in [-0.39, 0.29) is 50.5 Å². The van der Waals surface area contributed by atoms with Gasteiger partial charge in [0.15, 0.2) is 12.0 Å². The average Bonchev–Trinajstić information content (AvgIpc) is 3.59. The van der Waals surface area contributed by atoms with Crippen LogP contribution in [0.3, 0.4) is 0 Å². The van der Waals surface area contributed by atoms with Crippen LogP contribution < -0.4 is 9.47 Å². The maximum absolute atomic E-state index is 13.7. The molecule has 1 fully saturated rings. The Hall–Kier alpha value is -4.96. The molecular weight excluding hydrogens is 782 g/mol. The van der Waals surface area contributed by atoms with Crippen molar-refractivity contribution in [2.24, 2.45) is 0 Å². The summed E-state index contributed by atoms with van der Waals surface area (Å²) in [7, 11) is 1.43. The van der Waals surface area contributed by atoms with Crippen molar-refractivity contribution in [2.75, 3.05) is 27.4 Å². The normalized spacial score (nSPS) is 19.9. The lowest BCUT2D eigenvalue weighted by atomic mass is 9.80. The molecule has 4 aromatic rings. The molecule has 0 radical (unpaired) electrons. The monoisotopic (exact) mass is 835 g/mol. The van der Waals surface area contributed by atoms with Crippen LogP contribution in [0.15, 0.2) is 121 Å². The molecule has 0 N–H and O–H groups in total. The molecule has 0 spiro atoms. The molecule has 2 heterocycles. The summed E-state index contributed by atoms with van der Waals surface area (Å²) in [4.78, 5) is 27.5. The van der Waals surface area contributed by atoms with Gasteiger partial charge in [-0.1, -0.05) is 84.9 Å². The van der Waals surface area contributed by atoms with Crippen LogP contribution in [0, 0.1) is 11.3 Å². The summed E-state index contributed by atoms with van der Waals surface area (Å²) in [5.41, 5.74) is 2.21. The number of hydrogen-bond donors (Lipinski definition) is 0. The van der Waals surface area contributed by atoms with Gasteiger partial charge in [-0.25, -0.2) is 4.67 Å². The lowest BCUT2D eigenvalue weighted by molar-refractivity contribution is -0.154. The Labute approximate surface area is 354 Å². The number of hydrogen-bond acceptors (Lipinski definition) is 11. The standard InChI is InChI=1S/C47H54N3O9P/c1-33(2)50(34(3)4)60(57-29-13-27-48)59-44-42(58-46(49-28-26-39(51)30-43(49)52)45(44)55-31-35-14-9-7-10-15-35)32-56-47(36-16-11-8-12-17-36,37-18-22-40(53-5)23-19-37)38-20-24-41(54-6)25-21-38/h7-12,14-26,28,33-34,42,44-46H,13,29-32H2,1-6H3/t42-,44-,45-,46-,60?/m1/s1. The van der Waals surface area contributed by atoms with Gasteiger partial charge in [0.1, 0.15) is 35.4 Å². The van der Waals surface area contributed by atoms with Crippen LogP contribution in [-0.2, 0) is 45.1 Å². The lowest BCUT2D eigenvalue weighted by Gasteiger charge is -2.39. The quantitative estimate of drug-likeness (QED) is 0.0369. The number of carbonyl (C=O) groups excluding carboxylic acids is 2. The van der Waals surface area contributed by atoms with Crippen LogP contribution in [0.25, 0.3) is 0 Å². The highest BCUT2D eigenvalue weighted by Crippen LogP contribution is 2.51. The van der Waals surface area contributed by atoms with Gasteiger partial charge in [-0.2, -0.15) is 5.26 Å². The first kappa shape index (κ1) is 44.6. The summed E-state index contributed by atoms with van der Waals surface area (Å²) in [6, 6.07) is 37.3. The van der Waals surface area contributed by atoms with E-state index in [0.29, 0.717) is 11.5 Å². The molecule has 0 bridgehead atoms. The number of ether oxygens (including phenoxy) is 5. The van der Waals surface area contributed by atoms with Crippen molar-refractivity contribution in [3.05, 3.63) is 144 Å². The number of allylic oxidation sites excluding steroid dienone is 1. The number of benzene rings is 4. The predicted molar refractivity (Wildman–Crippen MR) is 228 cm³/mol. The van der Waals surface area contributed by atoms with E-state index in [1.807, 2.05) is 109 Å². The van der Waals surface area contributed by atoms with Crippen LogP contribution in [0.4, 0.5) is 0 Å². The topological polar surface area (TPSA) is 129 Å². The van der Waals surface area contributed by atoms with Gasteiger partial charge in [-0.3, -0.25) is 14.5 Å². The molecule has 1 amide bonds. The molecule has 1 saturated heterocycles. The minimum atomic E-state index is -1.82. The van der Waals surface area contributed by atoms with Gasteiger partial charge in [-0.05, 0) is 80.3 Å². The molecule has 316 valence electrons. The van der Waals surface area contributed by atoms with Gasteiger partial charge in [0.05, 0.1) is 53.0 Å². The third-order valence-corrected chi connectivity index (χ3v) is 12.5. The second kappa shape index (κ2) is 21.0. The zero-order chi connectivity index (χ0) is 42.6. The van der Waals surface area contributed by atoms with Crippen molar-refractivity contribution in [1.29, 1.82) is 5.26 Å². The summed E-state index contributed by atoms with van der Waals surface area (Å²) < 4.78 is 47.9. The number of nitriles is 1. The molecule has 4 aromatic carbocycles. The summed E-state index contributed by atoms with van der Waals surface area (Å²) >= 11 is 0. The summed E-state index contributed by atoms with van der Waals surface area (Å²) in [6.07, 6.45) is -0.893. The number of carbonyl (C=O) groups is 2. The Balaban J connectivity index is 1.49. The minimum absolute atomic E-state index is 0.00296. The number of nitrogens with zero attached hydrogens (tertiary/aromatic N) is 3. The molecular formula is C47H54N3O9P. The second-order valence-corrected chi connectivity index (χ2v) is 16.4. The first-order valence-corrected chi connectivity index (χ1v) is 21.3. The summed E-state index contributed by atoms with van der Waals surface area (Å²) in [5.74, 6) is 0.655. The summed E-state index contributed by atoms with van der Waals surface area (Å²) in [6.45, 7) is 8.54. The Kier molecular flexibility index (Phi) is 15.6. The Morgan fingerprint density at radius 2 is 1.38 bits per heavy atom. The molecule has 6 rings (SSSR count). The molecule has 2 aliphatic heterocycles. The molecule has 5 atom stereocenters. The summed E-state index contributed by atoms with van der Waals surface area (Å²) in [5, 5.41) is 9.48. The third-order valence-electron chi connectivity index (χ3n) is 10.4. The van der Waals surface area contributed by atoms with Crippen LogP contribution in [0.2, 0.25) is 0 Å². The van der Waals surface area contributed by atoms with Crippen molar-refractivity contribution >= 4 is 20.2 Å². The van der Waals surface area contributed by atoms with Crippen LogP contribution in [0.5, 0.6) is 11.5 Å². The van der Waals surface area contributed by atoms with Gasteiger partial charge < -0.3 is 32.7 Å². The molecule has 13 heteroatoms. The van der Waals surface area contributed by atoms with Crippen LogP contribution >= 0.6 is 8.53 Å². The fourth-order valence-electron chi connectivity index (χ4n) is 7.59. The van der Waals surface area contributed by atoms with Crippen molar-refractivity contribution in [3.8, 4) is 17.6 Å². The van der Waals surface area contributed by atoms with Crippen molar-refractivity contribution < 1.29 is 42.3 Å². The fourth-order valence-corrected chi connectivity index (χ4v) is 9.36. The highest BCUT2D eigenvalue weighted by atomic mass is 31.2. The van der Waals surface area contributed by atoms with Crippen LogP contribution in [0.1, 0.15) is 62.8 Å². The second-order valence-electron chi connectivity index (χ2n) is 15.0. The van der Waals surface area contributed by atoms with E-state index < -0.39 is 44.6 Å². The van der Waals surface area contributed by atoms with E-state index in [1.54, 1.807) is 14.2 Å². The molecule has 0 aromatic heterocycles. The Morgan fingerprint density at radius 1 is 0.817 bits per heavy atom. The first-order valence-electron chi connectivity index (χ1n) is 20.2. The van der Waals surface area contributed by atoms with Crippen molar-refractivity contribution in [2.45, 2.75) is 89.4 Å². The minimum Gasteiger partial charge on any atom is -0.497 e. The Bertz CT molecular complexity index is 2000. The number of methoxy groups -OCH3 is 2. The molecule has 1 unspecified atom stereocenters. The SMILES string of the molecule is COc1ccc(C(OC[C@H]2O[C@@H](N3C=CC(=O)CC3=O)[C@H](OCc3ccccc3)[C@@H]2OP(OCCC#N)N(C(C)C)C(C)C)(c2ccccc2)c2ccc(OC)cc2)cc1. The van der Waals surface area contributed by atoms with E-state index in [1.165, 1.54) is 17.2 Å². The fraction of sp³-hybridized carbons (Fsp3) is 0.383. The van der Waals surface area contributed by atoms with Gasteiger partial charge in [-0.15, -0.1) is 0 Å². The molecule has 0 saturated carbocycles. The molecule has 12 nitrogen and oxygen atoms in total. The van der Waals surface area contributed by atoms with E-state index >= 15 is 0 Å². The van der Waals surface area contributed by atoms with E-state index in [2.05, 4.69) is 38.4 Å². The van der Waals surface area contributed by atoms with Crippen LogP contribution in [-0.4, -0.2) is 85.3 Å². The zero-order valence-corrected chi connectivity index (χ0v) is 35.9. The van der Waals surface area contributed by atoms with Gasteiger partial charge >= 0.3 is 0 Å². The van der Waals surface area contributed by atoms with Gasteiger partial charge in [0.25, 0.3) is 8.53 Å².